The number of carbonyl (C=O) groups is 2. The quantitative estimate of drug-likeness (QED) is 0.745. The van der Waals surface area contributed by atoms with E-state index in [2.05, 4.69) is 22.4 Å². The van der Waals surface area contributed by atoms with Crippen molar-refractivity contribution in [1.29, 1.82) is 0 Å². The molecule has 0 radical (unpaired) electrons. The van der Waals surface area contributed by atoms with Crippen LogP contribution in [0.2, 0.25) is 0 Å². The molecule has 2 fully saturated rings. The van der Waals surface area contributed by atoms with Gasteiger partial charge in [-0.15, -0.1) is 11.3 Å². The molecule has 2 saturated heterocycles. The average molecular weight is 384 g/mol. The summed E-state index contributed by atoms with van der Waals surface area (Å²) in [6.07, 6.45) is 2.12. The first kappa shape index (κ1) is 18.2. The van der Waals surface area contributed by atoms with Crippen LogP contribution in [0.5, 0.6) is 0 Å². The first-order chi connectivity index (χ1) is 13.1. The summed E-state index contributed by atoms with van der Waals surface area (Å²) in [4.78, 5) is 32.8. The molecule has 142 valence electrons. The Bertz CT molecular complexity index is 798. The first-order valence-electron chi connectivity index (χ1n) is 9.48. The van der Waals surface area contributed by atoms with E-state index in [0.717, 1.165) is 25.2 Å². The molecule has 0 atom stereocenters. The normalized spacial score (nSPS) is 20.0. The van der Waals surface area contributed by atoms with Gasteiger partial charge in [0.15, 0.2) is 0 Å². The Kier molecular flexibility index (Phi) is 5.02. The number of likely N-dealkylation sites (N-methyl/N-ethyl adjacent to an activating group) is 1. The van der Waals surface area contributed by atoms with Crippen molar-refractivity contribution in [2.75, 3.05) is 26.7 Å². The van der Waals surface area contributed by atoms with Crippen LogP contribution < -0.4 is 0 Å². The SMILES string of the molecule is CN1C(=O)N(CCc2ccccc2)C(=O)C12CCN(Cc1cccs1)CC2. The summed E-state index contributed by atoms with van der Waals surface area (Å²) in [7, 11) is 1.79. The van der Waals surface area contributed by atoms with Crippen molar-refractivity contribution in [3.63, 3.8) is 0 Å². The second kappa shape index (κ2) is 7.44. The molecule has 3 amide bonds. The summed E-state index contributed by atoms with van der Waals surface area (Å²) in [6.45, 7) is 3.06. The van der Waals surface area contributed by atoms with Crippen molar-refractivity contribution in [1.82, 2.24) is 14.7 Å². The molecule has 1 spiro atoms. The third-order valence-corrected chi connectivity index (χ3v) is 6.77. The monoisotopic (exact) mass is 383 g/mol. The molecule has 0 bridgehead atoms. The summed E-state index contributed by atoms with van der Waals surface area (Å²) in [5.41, 5.74) is 0.493. The maximum Gasteiger partial charge on any atom is 0.327 e. The summed E-state index contributed by atoms with van der Waals surface area (Å²) >= 11 is 1.77. The highest BCUT2D eigenvalue weighted by atomic mass is 32.1. The molecule has 0 N–H and O–H groups in total. The molecular formula is C21H25N3O2S. The number of hydrogen-bond donors (Lipinski definition) is 0. The van der Waals surface area contributed by atoms with E-state index < -0.39 is 5.54 Å². The van der Waals surface area contributed by atoms with Crippen LogP contribution in [-0.2, 0) is 17.8 Å². The van der Waals surface area contributed by atoms with E-state index in [1.807, 2.05) is 30.3 Å². The van der Waals surface area contributed by atoms with E-state index in [-0.39, 0.29) is 11.9 Å². The number of nitrogens with zero attached hydrogens (tertiary/aromatic N) is 3. The molecule has 0 unspecified atom stereocenters. The minimum atomic E-state index is -0.653. The van der Waals surface area contributed by atoms with Gasteiger partial charge in [0.1, 0.15) is 5.54 Å². The zero-order chi connectivity index (χ0) is 18.9. The molecule has 1 aromatic carbocycles. The summed E-state index contributed by atoms with van der Waals surface area (Å²) in [5, 5.41) is 2.10. The van der Waals surface area contributed by atoms with Crippen molar-refractivity contribution >= 4 is 23.3 Å². The van der Waals surface area contributed by atoms with Gasteiger partial charge in [-0.3, -0.25) is 14.6 Å². The lowest BCUT2D eigenvalue weighted by molar-refractivity contribution is -0.135. The Morgan fingerprint density at radius 2 is 1.78 bits per heavy atom. The Morgan fingerprint density at radius 3 is 2.44 bits per heavy atom. The molecule has 2 aliphatic heterocycles. The fraction of sp³-hybridized carbons (Fsp3) is 0.429. The summed E-state index contributed by atoms with van der Waals surface area (Å²) in [6, 6.07) is 14.1. The van der Waals surface area contributed by atoms with Gasteiger partial charge < -0.3 is 4.90 Å². The Labute approximate surface area is 164 Å². The van der Waals surface area contributed by atoms with Crippen LogP contribution >= 0.6 is 11.3 Å². The molecule has 6 heteroatoms. The fourth-order valence-electron chi connectivity index (χ4n) is 4.18. The molecule has 2 aliphatic rings. The number of imide groups is 1. The highest BCUT2D eigenvalue weighted by Crippen LogP contribution is 2.36. The largest absolute Gasteiger partial charge is 0.327 e. The van der Waals surface area contributed by atoms with Crippen LogP contribution in [0, 0.1) is 0 Å². The van der Waals surface area contributed by atoms with Crippen LogP contribution in [0.4, 0.5) is 4.79 Å². The van der Waals surface area contributed by atoms with Crippen molar-refractivity contribution in [2.24, 2.45) is 0 Å². The lowest BCUT2D eigenvalue weighted by Crippen LogP contribution is -2.55. The van der Waals surface area contributed by atoms with Gasteiger partial charge in [-0.1, -0.05) is 36.4 Å². The topological polar surface area (TPSA) is 43.9 Å². The molecule has 27 heavy (non-hydrogen) atoms. The molecule has 3 heterocycles. The van der Waals surface area contributed by atoms with E-state index in [1.165, 1.54) is 9.78 Å². The van der Waals surface area contributed by atoms with Crippen molar-refractivity contribution in [3.8, 4) is 0 Å². The maximum absolute atomic E-state index is 13.2. The predicted molar refractivity (Wildman–Crippen MR) is 107 cm³/mol. The second-order valence-corrected chi connectivity index (χ2v) is 8.45. The molecule has 2 aromatic rings. The van der Waals surface area contributed by atoms with Crippen molar-refractivity contribution < 1.29 is 9.59 Å². The van der Waals surface area contributed by atoms with Crippen molar-refractivity contribution in [2.45, 2.75) is 31.3 Å². The molecule has 1 aromatic heterocycles. The summed E-state index contributed by atoms with van der Waals surface area (Å²) in [5.74, 6) is -0.0123. The minimum absolute atomic E-state index is 0.0123. The number of thiophene rings is 1. The Hall–Kier alpha value is -2.18. The average Bonchev–Trinajstić information content (AvgIpc) is 3.26. The van der Waals surface area contributed by atoms with Gasteiger partial charge in [0.25, 0.3) is 5.91 Å². The van der Waals surface area contributed by atoms with Crippen LogP contribution in [0.3, 0.4) is 0 Å². The van der Waals surface area contributed by atoms with E-state index in [0.29, 0.717) is 25.8 Å². The molecular weight excluding hydrogens is 358 g/mol. The highest BCUT2D eigenvalue weighted by Gasteiger charge is 2.56. The summed E-state index contributed by atoms with van der Waals surface area (Å²) < 4.78 is 0. The van der Waals surface area contributed by atoms with E-state index in [1.54, 1.807) is 23.3 Å². The predicted octanol–water partition coefficient (Wildman–Crippen LogP) is 3.22. The molecule has 0 saturated carbocycles. The third kappa shape index (κ3) is 3.39. The number of hydrogen-bond acceptors (Lipinski definition) is 4. The highest BCUT2D eigenvalue weighted by molar-refractivity contribution is 7.09. The van der Waals surface area contributed by atoms with Gasteiger partial charge >= 0.3 is 6.03 Å². The van der Waals surface area contributed by atoms with E-state index in [4.69, 9.17) is 0 Å². The lowest BCUT2D eigenvalue weighted by atomic mass is 9.86. The minimum Gasteiger partial charge on any atom is -0.312 e. The number of likely N-dealkylation sites (tertiary alicyclic amines) is 1. The van der Waals surface area contributed by atoms with Gasteiger partial charge in [0.05, 0.1) is 0 Å². The second-order valence-electron chi connectivity index (χ2n) is 7.42. The number of rotatable bonds is 5. The van der Waals surface area contributed by atoms with Gasteiger partial charge in [-0.2, -0.15) is 0 Å². The van der Waals surface area contributed by atoms with Crippen molar-refractivity contribution in [3.05, 3.63) is 58.3 Å². The third-order valence-electron chi connectivity index (χ3n) is 5.91. The van der Waals surface area contributed by atoms with Gasteiger partial charge in [-0.25, -0.2) is 4.79 Å². The van der Waals surface area contributed by atoms with E-state index >= 15 is 0 Å². The number of carbonyl (C=O) groups excluding carboxylic acids is 2. The number of piperidine rings is 1. The zero-order valence-corrected chi connectivity index (χ0v) is 16.5. The van der Waals surface area contributed by atoms with E-state index in [9.17, 15) is 9.59 Å². The Balaban J connectivity index is 1.41. The van der Waals surface area contributed by atoms with Crippen LogP contribution in [-0.4, -0.2) is 58.9 Å². The molecule has 4 rings (SSSR count). The number of benzene rings is 1. The molecule has 0 aliphatic carbocycles. The zero-order valence-electron chi connectivity index (χ0n) is 15.6. The number of urea groups is 1. The lowest BCUT2D eigenvalue weighted by Gasteiger charge is -2.40. The first-order valence-corrected chi connectivity index (χ1v) is 10.4. The van der Waals surface area contributed by atoms with Gasteiger partial charge in [0, 0.05) is 38.1 Å². The van der Waals surface area contributed by atoms with Crippen LogP contribution in [0.25, 0.3) is 0 Å². The number of amides is 3. The smallest absolute Gasteiger partial charge is 0.312 e. The standard InChI is InChI=1S/C21H25N3O2S/c1-22-20(26)24(12-9-17-6-3-2-4-7-17)19(25)21(22)10-13-23(14-11-21)16-18-8-5-15-27-18/h2-8,15H,9-14,16H2,1H3. The van der Waals surface area contributed by atoms with Gasteiger partial charge in [0.2, 0.25) is 0 Å². The molecule has 5 nitrogen and oxygen atoms in total. The van der Waals surface area contributed by atoms with Gasteiger partial charge in [-0.05, 0) is 36.3 Å². The maximum atomic E-state index is 13.2. The Morgan fingerprint density at radius 1 is 1.04 bits per heavy atom. The fourth-order valence-corrected chi connectivity index (χ4v) is 4.93. The van der Waals surface area contributed by atoms with Crippen LogP contribution in [0.1, 0.15) is 23.3 Å². The van der Waals surface area contributed by atoms with Crippen LogP contribution in [0.15, 0.2) is 47.8 Å².